The minimum absolute atomic E-state index is 0.0630. The van der Waals surface area contributed by atoms with E-state index in [1.807, 2.05) is 0 Å². The summed E-state index contributed by atoms with van der Waals surface area (Å²) in [5, 5.41) is 4.00. The second kappa shape index (κ2) is 5.19. The summed E-state index contributed by atoms with van der Waals surface area (Å²) < 4.78 is 13.7. The van der Waals surface area contributed by atoms with Crippen LogP contribution < -0.4 is 11.1 Å². The fourth-order valence-corrected chi connectivity index (χ4v) is 1.94. The highest BCUT2D eigenvalue weighted by atomic mass is 32.1. The Labute approximate surface area is 112 Å². The number of nitrogens with zero attached hydrogens (tertiary/aromatic N) is 1. The Morgan fingerprint density at radius 1 is 1.50 bits per heavy atom. The maximum atomic E-state index is 13.7. The van der Waals surface area contributed by atoms with Gasteiger partial charge < -0.3 is 11.1 Å². The van der Waals surface area contributed by atoms with Crippen LogP contribution in [-0.4, -0.2) is 15.9 Å². The van der Waals surface area contributed by atoms with Crippen LogP contribution in [0.3, 0.4) is 0 Å². The maximum Gasteiger partial charge on any atom is 0.275 e. The van der Waals surface area contributed by atoms with Crippen molar-refractivity contribution < 1.29 is 9.18 Å². The molecule has 0 aliphatic heterocycles. The first-order chi connectivity index (χ1) is 8.58. The molecule has 2 aromatic rings. The zero-order valence-corrected chi connectivity index (χ0v) is 10.6. The second-order valence-corrected chi connectivity index (χ2v) is 4.55. The Kier molecular flexibility index (Phi) is 3.63. The summed E-state index contributed by atoms with van der Waals surface area (Å²) in [6.45, 7) is 0. The summed E-state index contributed by atoms with van der Waals surface area (Å²) in [6.07, 6.45) is 0. The molecule has 92 valence electrons. The molecule has 2 rings (SSSR count). The summed E-state index contributed by atoms with van der Waals surface area (Å²) in [6, 6.07) is 4.13. The maximum absolute atomic E-state index is 13.7. The molecule has 0 spiro atoms. The first-order valence-corrected chi connectivity index (χ1v) is 6.22. The molecular formula is C11H8FN3OS2. The number of anilines is 1. The highest BCUT2D eigenvalue weighted by Crippen LogP contribution is 2.17. The van der Waals surface area contributed by atoms with E-state index in [2.05, 4.69) is 10.3 Å². The van der Waals surface area contributed by atoms with Gasteiger partial charge in [0.1, 0.15) is 16.5 Å². The number of hydrogen-bond acceptors (Lipinski definition) is 4. The van der Waals surface area contributed by atoms with E-state index in [1.54, 1.807) is 11.4 Å². The molecule has 0 saturated carbocycles. The van der Waals surface area contributed by atoms with E-state index in [-0.39, 0.29) is 16.4 Å². The number of carbonyl (C=O) groups is 1. The van der Waals surface area contributed by atoms with Crippen molar-refractivity contribution in [1.82, 2.24) is 4.98 Å². The zero-order chi connectivity index (χ0) is 13.1. The number of hydrogen-bond donors (Lipinski definition) is 2. The molecule has 0 unspecified atom stereocenters. The number of benzene rings is 1. The number of carbonyl (C=O) groups excluding carboxylic acids is 1. The van der Waals surface area contributed by atoms with Gasteiger partial charge in [0.25, 0.3) is 5.91 Å². The van der Waals surface area contributed by atoms with E-state index in [0.29, 0.717) is 5.56 Å². The molecule has 18 heavy (non-hydrogen) atoms. The van der Waals surface area contributed by atoms with Gasteiger partial charge in [0, 0.05) is 10.9 Å². The summed E-state index contributed by atoms with van der Waals surface area (Å²) in [5.74, 6) is -1.05. The third kappa shape index (κ3) is 2.69. The van der Waals surface area contributed by atoms with Gasteiger partial charge in [-0.05, 0) is 18.2 Å². The highest BCUT2D eigenvalue weighted by Gasteiger charge is 2.11. The predicted molar refractivity (Wildman–Crippen MR) is 72.4 cm³/mol. The van der Waals surface area contributed by atoms with Crippen molar-refractivity contribution in [2.24, 2.45) is 5.73 Å². The SMILES string of the molecule is NC(=S)c1ccc(NC(=O)c2cscn2)c(F)c1. The molecular weight excluding hydrogens is 273 g/mol. The van der Waals surface area contributed by atoms with Crippen molar-refractivity contribution in [2.45, 2.75) is 0 Å². The Balaban J connectivity index is 2.20. The third-order valence-electron chi connectivity index (χ3n) is 2.17. The molecule has 1 aromatic heterocycles. The van der Waals surface area contributed by atoms with E-state index >= 15 is 0 Å². The van der Waals surface area contributed by atoms with Crippen molar-refractivity contribution in [3.63, 3.8) is 0 Å². The van der Waals surface area contributed by atoms with Gasteiger partial charge in [0.2, 0.25) is 0 Å². The fraction of sp³-hybridized carbons (Fsp3) is 0. The summed E-state index contributed by atoms with van der Waals surface area (Å²) >= 11 is 6.02. The van der Waals surface area contributed by atoms with Gasteiger partial charge in [-0.3, -0.25) is 4.79 Å². The van der Waals surface area contributed by atoms with Crippen molar-refractivity contribution in [2.75, 3.05) is 5.32 Å². The van der Waals surface area contributed by atoms with Gasteiger partial charge in [0.05, 0.1) is 11.2 Å². The zero-order valence-electron chi connectivity index (χ0n) is 9.01. The molecule has 4 nitrogen and oxygen atoms in total. The Morgan fingerprint density at radius 3 is 2.83 bits per heavy atom. The minimum atomic E-state index is -0.594. The second-order valence-electron chi connectivity index (χ2n) is 3.39. The third-order valence-corrected chi connectivity index (χ3v) is 2.99. The average Bonchev–Trinajstić information content (AvgIpc) is 2.85. The number of thiazole rings is 1. The molecule has 0 radical (unpaired) electrons. The van der Waals surface area contributed by atoms with E-state index in [9.17, 15) is 9.18 Å². The van der Waals surface area contributed by atoms with Gasteiger partial charge >= 0.3 is 0 Å². The van der Waals surface area contributed by atoms with Gasteiger partial charge in [-0.15, -0.1) is 11.3 Å². The monoisotopic (exact) mass is 281 g/mol. The predicted octanol–water partition coefficient (Wildman–Crippen LogP) is 2.17. The average molecular weight is 281 g/mol. The topological polar surface area (TPSA) is 68.0 Å². The summed E-state index contributed by atoms with van der Waals surface area (Å²) in [4.78, 5) is 15.6. The van der Waals surface area contributed by atoms with Crippen molar-refractivity contribution in [1.29, 1.82) is 0 Å². The smallest absolute Gasteiger partial charge is 0.275 e. The molecule has 0 atom stereocenters. The van der Waals surface area contributed by atoms with E-state index in [4.69, 9.17) is 18.0 Å². The quantitative estimate of drug-likeness (QED) is 0.846. The summed E-state index contributed by atoms with van der Waals surface area (Å²) in [5.41, 5.74) is 7.63. The number of aromatic nitrogens is 1. The molecule has 1 heterocycles. The first-order valence-electron chi connectivity index (χ1n) is 4.87. The lowest BCUT2D eigenvalue weighted by molar-refractivity contribution is 0.102. The molecule has 0 fully saturated rings. The standard InChI is InChI=1S/C11H8FN3OS2/c12-7-3-6(10(13)17)1-2-8(7)15-11(16)9-4-18-5-14-9/h1-5H,(H2,13,17)(H,15,16). The molecule has 1 aromatic carbocycles. The minimum Gasteiger partial charge on any atom is -0.389 e. The van der Waals surface area contributed by atoms with Gasteiger partial charge in [-0.25, -0.2) is 9.37 Å². The van der Waals surface area contributed by atoms with E-state index in [1.165, 1.54) is 29.0 Å². The number of thiocarbonyl (C=S) groups is 1. The van der Waals surface area contributed by atoms with Crippen LogP contribution >= 0.6 is 23.6 Å². The Bertz CT molecular complexity index is 598. The Hall–Kier alpha value is -1.86. The number of rotatable bonds is 3. The molecule has 0 aliphatic rings. The number of nitrogens with two attached hydrogens (primary N) is 1. The van der Waals surface area contributed by atoms with Crippen LogP contribution in [0.2, 0.25) is 0 Å². The van der Waals surface area contributed by atoms with Crippen LogP contribution in [0.15, 0.2) is 29.1 Å². The normalized spacial score (nSPS) is 10.1. The van der Waals surface area contributed by atoms with Gasteiger partial charge in [-0.2, -0.15) is 0 Å². The Morgan fingerprint density at radius 2 is 2.28 bits per heavy atom. The van der Waals surface area contributed by atoms with Crippen LogP contribution in [-0.2, 0) is 0 Å². The highest BCUT2D eigenvalue weighted by molar-refractivity contribution is 7.80. The largest absolute Gasteiger partial charge is 0.389 e. The molecule has 1 amide bonds. The van der Waals surface area contributed by atoms with Crippen LogP contribution in [0.5, 0.6) is 0 Å². The molecule has 0 saturated heterocycles. The van der Waals surface area contributed by atoms with Crippen LogP contribution in [0.4, 0.5) is 10.1 Å². The van der Waals surface area contributed by atoms with Gasteiger partial charge in [-0.1, -0.05) is 12.2 Å². The molecule has 0 aliphatic carbocycles. The lowest BCUT2D eigenvalue weighted by Crippen LogP contribution is -2.14. The number of halogens is 1. The van der Waals surface area contributed by atoms with E-state index in [0.717, 1.165) is 0 Å². The lowest BCUT2D eigenvalue weighted by Gasteiger charge is -2.06. The fourth-order valence-electron chi connectivity index (χ4n) is 1.28. The van der Waals surface area contributed by atoms with E-state index < -0.39 is 11.7 Å². The van der Waals surface area contributed by atoms with Crippen LogP contribution in [0.25, 0.3) is 0 Å². The first kappa shape index (κ1) is 12.6. The summed E-state index contributed by atoms with van der Waals surface area (Å²) in [7, 11) is 0. The van der Waals surface area contributed by atoms with Crippen molar-refractivity contribution >= 4 is 40.1 Å². The molecule has 0 bridgehead atoms. The van der Waals surface area contributed by atoms with Crippen molar-refractivity contribution in [3.05, 3.63) is 46.2 Å². The van der Waals surface area contributed by atoms with Gasteiger partial charge in [0.15, 0.2) is 0 Å². The lowest BCUT2D eigenvalue weighted by atomic mass is 10.2. The number of amides is 1. The number of nitrogens with one attached hydrogen (secondary N) is 1. The van der Waals surface area contributed by atoms with Crippen molar-refractivity contribution in [3.8, 4) is 0 Å². The van der Waals surface area contributed by atoms with Crippen LogP contribution in [0, 0.1) is 5.82 Å². The van der Waals surface area contributed by atoms with Crippen LogP contribution in [0.1, 0.15) is 16.1 Å². The molecule has 3 N–H and O–H groups in total. The molecule has 7 heteroatoms.